The number of nitrogens with one attached hydrogen (secondary N) is 1. The van der Waals surface area contributed by atoms with Gasteiger partial charge in [0, 0.05) is 12.4 Å². The van der Waals surface area contributed by atoms with Crippen LogP contribution in [-0.2, 0) is 14.3 Å². The lowest BCUT2D eigenvalue weighted by Crippen LogP contribution is -2.50. The van der Waals surface area contributed by atoms with Crippen molar-refractivity contribution in [3.63, 3.8) is 0 Å². The van der Waals surface area contributed by atoms with Gasteiger partial charge in [0.25, 0.3) is 0 Å². The van der Waals surface area contributed by atoms with E-state index >= 15 is 0 Å². The smallest absolute Gasteiger partial charge is 0.332 e. The molecule has 0 spiro atoms. The zero-order chi connectivity index (χ0) is 14.4. The van der Waals surface area contributed by atoms with E-state index in [1.807, 2.05) is 5.43 Å². The maximum atomic E-state index is 11.8. The molecule has 0 aliphatic carbocycles. The van der Waals surface area contributed by atoms with E-state index in [1.165, 1.54) is 0 Å². The Kier molecular flexibility index (Phi) is 5.49. The average molecular weight is 287 g/mol. The number of halogens is 1. The van der Waals surface area contributed by atoms with Crippen LogP contribution in [0.5, 0.6) is 0 Å². The molecular formula is C10H11ClN4O4. The van der Waals surface area contributed by atoms with Crippen LogP contribution in [0, 0.1) is 0 Å². The molecule has 1 rings (SSSR count). The van der Waals surface area contributed by atoms with Crippen molar-refractivity contribution in [2.45, 2.75) is 13.0 Å². The van der Waals surface area contributed by atoms with Gasteiger partial charge in [0.05, 0.1) is 12.2 Å². The highest BCUT2D eigenvalue weighted by Crippen LogP contribution is 2.04. The molecule has 8 nitrogen and oxygen atoms in total. The average Bonchev–Trinajstić information content (AvgIpc) is 2.39. The van der Waals surface area contributed by atoms with Crippen LogP contribution in [0.2, 0.25) is 5.28 Å². The second kappa shape index (κ2) is 6.88. The molecule has 19 heavy (non-hydrogen) atoms. The lowest BCUT2D eigenvalue weighted by Gasteiger charge is -2.12. The number of rotatable bonds is 6. The first kappa shape index (κ1) is 15.2. The first-order chi connectivity index (χ1) is 9.01. The third kappa shape index (κ3) is 3.78. The molecule has 102 valence electrons. The van der Waals surface area contributed by atoms with Crippen molar-refractivity contribution >= 4 is 29.1 Å². The Labute approximate surface area is 113 Å². The van der Waals surface area contributed by atoms with Crippen molar-refractivity contribution in [1.82, 2.24) is 15.4 Å². The Hall–Kier alpha value is -1.90. The van der Waals surface area contributed by atoms with Crippen molar-refractivity contribution in [2.24, 2.45) is 5.84 Å². The van der Waals surface area contributed by atoms with Crippen LogP contribution in [-0.4, -0.2) is 40.2 Å². The van der Waals surface area contributed by atoms with Crippen LogP contribution in [0.15, 0.2) is 12.4 Å². The maximum absolute atomic E-state index is 11.8. The molecular weight excluding hydrogens is 276 g/mol. The summed E-state index contributed by atoms with van der Waals surface area (Å²) in [6, 6.07) is -1.57. The van der Waals surface area contributed by atoms with E-state index in [4.69, 9.17) is 17.4 Å². The Bertz CT molecular complexity index is 491. The Balaban J connectivity index is 2.88. The van der Waals surface area contributed by atoms with Gasteiger partial charge in [-0.2, -0.15) is 0 Å². The maximum Gasteiger partial charge on any atom is 0.332 e. The van der Waals surface area contributed by atoms with E-state index in [1.54, 1.807) is 6.92 Å². The molecule has 1 aromatic heterocycles. The minimum absolute atomic E-state index is 0.0581. The Morgan fingerprint density at radius 1 is 1.42 bits per heavy atom. The summed E-state index contributed by atoms with van der Waals surface area (Å²) in [6.07, 6.45) is 2.16. The van der Waals surface area contributed by atoms with E-state index in [2.05, 4.69) is 14.7 Å². The van der Waals surface area contributed by atoms with Gasteiger partial charge < -0.3 is 4.74 Å². The number of ether oxygens (including phenoxy) is 1. The van der Waals surface area contributed by atoms with Crippen molar-refractivity contribution in [2.75, 3.05) is 6.61 Å². The molecule has 0 bridgehead atoms. The number of hydrogen-bond acceptors (Lipinski definition) is 8. The van der Waals surface area contributed by atoms with Gasteiger partial charge in [0.15, 0.2) is 6.04 Å². The summed E-state index contributed by atoms with van der Waals surface area (Å²) in [5, 5.41) is -0.0668. The molecule has 1 aromatic rings. The van der Waals surface area contributed by atoms with Crippen molar-refractivity contribution < 1.29 is 19.1 Å². The summed E-state index contributed by atoms with van der Waals surface area (Å²) in [7, 11) is 0. The largest absolute Gasteiger partial charge is 0.464 e. The van der Waals surface area contributed by atoms with Gasteiger partial charge in [-0.05, 0) is 18.5 Å². The van der Waals surface area contributed by atoms with Crippen LogP contribution in [0.3, 0.4) is 0 Å². The first-order valence-corrected chi connectivity index (χ1v) is 5.57. The van der Waals surface area contributed by atoms with Gasteiger partial charge in [-0.25, -0.2) is 20.2 Å². The Morgan fingerprint density at radius 3 is 2.47 bits per heavy atom. The number of Topliss-reactive ketones (excluding diaryl/α,β-unsaturated/α-hetero) is 2. The molecule has 0 aliphatic rings. The van der Waals surface area contributed by atoms with Gasteiger partial charge in [-0.3, -0.25) is 15.4 Å². The number of hydrogen-bond donors (Lipinski definition) is 2. The van der Waals surface area contributed by atoms with Gasteiger partial charge in [0.1, 0.15) is 0 Å². The monoisotopic (exact) mass is 286 g/mol. The number of nitrogens with two attached hydrogens (primary N) is 1. The molecule has 0 aliphatic heterocycles. The lowest BCUT2D eigenvalue weighted by molar-refractivity contribution is -0.147. The van der Waals surface area contributed by atoms with Crippen molar-refractivity contribution in [3.8, 4) is 0 Å². The molecule has 0 saturated heterocycles. The highest BCUT2D eigenvalue weighted by atomic mass is 35.5. The summed E-state index contributed by atoms with van der Waals surface area (Å²) in [5.41, 5.74) is 1.84. The van der Waals surface area contributed by atoms with E-state index in [9.17, 15) is 14.4 Å². The fourth-order valence-electron chi connectivity index (χ4n) is 1.18. The van der Waals surface area contributed by atoms with E-state index in [-0.39, 0.29) is 17.5 Å². The fraction of sp³-hybridized carbons (Fsp3) is 0.300. The van der Waals surface area contributed by atoms with Crippen LogP contribution in [0.25, 0.3) is 0 Å². The number of carbonyl (C=O) groups is 3. The minimum Gasteiger partial charge on any atom is -0.464 e. The zero-order valence-corrected chi connectivity index (χ0v) is 10.7. The fourth-order valence-corrected chi connectivity index (χ4v) is 1.28. The summed E-state index contributed by atoms with van der Waals surface area (Å²) in [4.78, 5) is 42.1. The molecule has 1 atom stereocenters. The zero-order valence-electron chi connectivity index (χ0n) is 9.92. The predicted octanol–water partition coefficient (Wildman–Crippen LogP) is -0.723. The van der Waals surface area contributed by atoms with Crippen molar-refractivity contribution in [3.05, 3.63) is 23.2 Å². The molecule has 0 aromatic carbocycles. The predicted molar refractivity (Wildman–Crippen MR) is 64.1 cm³/mol. The molecule has 1 heterocycles. The molecule has 1 unspecified atom stereocenters. The minimum atomic E-state index is -1.57. The van der Waals surface area contributed by atoms with E-state index < -0.39 is 23.6 Å². The number of hydrazine groups is 1. The second-order valence-corrected chi connectivity index (χ2v) is 3.62. The molecule has 0 saturated carbocycles. The van der Waals surface area contributed by atoms with Crippen LogP contribution in [0.1, 0.15) is 17.3 Å². The summed E-state index contributed by atoms with van der Waals surface area (Å²) < 4.78 is 4.61. The van der Waals surface area contributed by atoms with Gasteiger partial charge >= 0.3 is 5.97 Å². The van der Waals surface area contributed by atoms with E-state index in [0.717, 1.165) is 12.4 Å². The SMILES string of the molecule is CCOC(=O)C(NN)C(=O)C(=O)c1cnc(Cl)nc1. The standard InChI is InChI=1S/C10H11ClN4O4/c1-2-19-9(18)6(15-12)8(17)7(16)5-3-13-10(11)14-4-5/h3-4,6,15H,2,12H2,1H3. The first-order valence-electron chi connectivity index (χ1n) is 5.20. The molecule has 9 heteroatoms. The van der Waals surface area contributed by atoms with E-state index in [0.29, 0.717) is 0 Å². The van der Waals surface area contributed by atoms with Gasteiger partial charge in [-0.15, -0.1) is 0 Å². The van der Waals surface area contributed by atoms with Crippen molar-refractivity contribution in [1.29, 1.82) is 0 Å². The highest BCUT2D eigenvalue weighted by Gasteiger charge is 2.32. The van der Waals surface area contributed by atoms with Gasteiger partial charge in [-0.1, -0.05) is 0 Å². The third-order valence-corrected chi connectivity index (χ3v) is 2.25. The topological polar surface area (TPSA) is 124 Å². The summed E-state index contributed by atoms with van der Waals surface area (Å²) in [5.74, 6) is 2.11. The number of esters is 1. The molecule has 0 radical (unpaired) electrons. The summed E-state index contributed by atoms with van der Waals surface area (Å²) >= 11 is 5.45. The molecule has 3 N–H and O–H groups in total. The molecule has 0 amide bonds. The van der Waals surface area contributed by atoms with Gasteiger partial charge in [0.2, 0.25) is 16.9 Å². The van der Waals surface area contributed by atoms with Crippen LogP contribution in [0.4, 0.5) is 0 Å². The highest BCUT2D eigenvalue weighted by molar-refractivity contribution is 6.48. The third-order valence-electron chi connectivity index (χ3n) is 2.06. The Morgan fingerprint density at radius 2 is 2.00 bits per heavy atom. The molecule has 0 fully saturated rings. The number of aromatic nitrogens is 2. The number of carbonyl (C=O) groups excluding carboxylic acids is 3. The summed E-state index contributed by atoms with van der Waals surface area (Å²) in [6.45, 7) is 1.62. The normalized spacial score (nSPS) is 11.7. The number of nitrogens with zero attached hydrogens (tertiary/aromatic N) is 2. The second-order valence-electron chi connectivity index (χ2n) is 3.29. The van der Waals surface area contributed by atoms with Crippen LogP contribution >= 0.6 is 11.6 Å². The number of ketones is 2. The quantitative estimate of drug-likeness (QED) is 0.133. The lowest BCUT2D eigenvalue weighted by atomic mass is 10.1. The van der Waals surface area contributed by atoms with Crippen LogP contribution < -0.4 is 11.3 Å².